The van der Waals surface area contributed by atoms with Crippen LogP contribution < -0.4 is 4.90 Å². The molecule has 0 radical (unpaired) electrons. The predicted octanol–water partition coefficient (Wildman–Crippen LogP) is 2.66. The van der Waals surface area contributed by atoms with Crippen LogP contribution in [-0.2, 0) is 0 Å². The van der Waals surface area contributed by atoms with E-state index in [1.807, 2.05) is 13.1 Å². The summed E-state index contributed by atoms with van der Waals surface area (Å²) in [5.74, 6) is 0. The van der Waals surface area contributed by atoms with Crippen molar-refractivity contribution in [1.29, 1.82) is 0 Å². The number of fused-ring (bicyclic) bond motifs is 1. The van der Waals surface area contributed by atoms with Gasteiger partial charge in [-0.1, -0.05) is 12.6 Å². The van der Waals surface area contributed by atoms with Crippen LogP contribution in [0.1, 0.15) is 5.56 Å². The minimum absolute atomic E-state index is 0.929. The maximum Gasteiger partial charge on any atom is 0.0867 e. The first-order valence-corrected chi connectivity index (χ1v) is 4.26. The monoisotopic (exact) mass is 172 g/mol. The number of benzene rings is 1. The molecule has 2 rings (SSSR count). The summed E-state index contributed by atoms with van der Waals surface area (Å²) < 4.78 is 0. The lowest BCUT2D eigenvalue weighted by Gasteiger charge is -2.24. The molecule has 0 aliphatic carbocycles. The zero-order valence-electron chi connectivity index (χ0n) is 7.91. The Balaban J connectivity index is 2.60. The standard InChI is InChI=1S/C11H12N2/c1-8-4-5-10-11(6-8)13(3)9(2)7-12-10/h4-7H,2H2,1,3H3. The van der Waals surface area contributed by atoms with E-state index in [4.69, 9.17) is 0 Å². The molecule has 1 aliphatic heterocycles. The number of nitrogens with zero attached hydrogens (tertiary/aromatic N) is 2. The summed E-state index contributed by atoms with van der Waals surface area (Å²) in [6.07, 6.45) is 1.79. The predicted molar refractivity (Wildman–Crippen MR) is 56.9 cm³/mol. The Labute approximate surface area is 78.2 Å². The number of anilines is 1. The zero-order chi connectivity index (χ0) is 9.42. The zero-order valence-corrected chi connectivity index (χ0v) is 7.91. The van der Waals surface area contributed by atoms with Gasteiger partial charge in [-0.2, -0.15) is 0 Å². The van der Waals surface area contributed by atoms with Crippen molar-refractivity contribution >= 4 is 17.6 Å². The second kappa shape index (κ2) is 2.73. The Morgan fingerprint density at radius 1 is 1.38 bits per heavy atom. The SMILES string of the molecule is C=C1C=Nc2ccc(C)cc2N1C. The van der Waals surface area contributed by atoms with Gasteiger partial charge in [0.05, 0.1) is 23.3 Å². The number of aryl methyl sites for hydroxylation is 1. The number of allylic oxidation sites excluding steroid dienone is 1. The van der Waals surface area contributed by atoms with Gasteiger partial charge in [-0.15, -0.1) is 0 Å². The third-order valence-electron chi connectivity index (χ3n) is 2.28. The van der Waals surface area contributed by atoms with Gasteiger partial charge in [-0.3, -0.25) is 4.99 Å². The van der Waals surface area contributed by atoms with Gasteiger partial charge in [-0.05, 0) is 24.6 Å². The lowest BCUT2D eigenvalue weighted by atomic mass is 10.1. The first kappa shape index (κ1) is 8.05. The summed E-state index contributed by atoms with van der Waals surface area (Å²) in [7, 11) is 2.01. The molecule has 0 saturated heterocycles. The molecular formula is C11H12N2. The summed E-state index contributed by atoms with van der Waals surface area (Å²) in [6.45, 7) is 5.98. The Morgan fingerprint density at radius 2 is 2.15 bits per heavy atom. The number of hydrogen-bond acceptors (Lipinski definition) is 2. The summed E-state index contributed by atoms with van der Waals surface area (Å²) in [5, 5.41) is 0. The normalized spacial score (nSPS) is 14.6. The topological polar surface area (TPSA) is 15.6 Å². The van der Waals surface area contributed by atoms with Crippen molar-refractivity contribution in [2.75, 3.05) is 11.9 Å². The van der Waals surface area contributed by atoms with Gasteiger partial charge in [-0.25, -0.2) is 0 Å². The van der Waals surface area contributed by atoms with E-state index in [0.717, 1.165) is 17.1 Å². The highest BCUT2D eigenvalue weighted by Gasteiger charge is 2.12. The van der Waals surface area contributed by atoms with E-state index in [2.05, 4.69) is 35.5 Å². The van der Waals surface area contributed by atoms with E-state index in [1.54, 1.807) is 6.21 Å². The molecular weight excluding hydrogens is 160 g/mol. The number of aliphatic imine (C=N–C) groups is 1. The molecule has 0 spiro atoms. The maximum atomic E-state index is 4.30. The summed E-state index contributed by atoms with van der Waals surface area (Å²) in [4.78, 5) is 6.35. The van der Waals surface area contributed by atoms with Gasteiger partial charge < -0.3 is 4.90 Å². The molecule has 1 heterocycles. The third kappa shape index (κ3) is 1.24. The van der Waals surface area contributed by atoms with Crippen molar-refractivity contribution in [3.05, 3.63) is 36.0 Å². The van der Waals surface area contributed by atoms with Crippen LogP contribution in [0.15, 0.2) is 35.5 Å². The molecule has 0 saturated carbocycles. The third-order valence-corrected chi connectivity index (χ3v) is 2.28. The van der Waals surface area contributed by atoms with Gasteiger partial charge in [0.2, 0.25) is 0 Å². The molecule has 1 aromatic carbocycles. The molecule has 0 atom stereocenters. The lowest BCUT2D eigenvalue weighted by molar-refractivity contribution is 1.14. The molecule has 0 bridgehead atoms. The van der Waals surface area contributed by atoms with Crippen LogP contribution in [0.25, 0.3) is 0 Å². The van der Waals surface area contributed by atoms with Gasteiger partial charge in [0.25, 0.3) is 0 Å². The van der Waals surface area contributed by atoms with E-state index in [1.165, 1.54) is 5.56 Å². The first-order valence-electron chi connectivity index (χ1n) is 4.26. The Bertz CT molecular complexity index is 391. The van der Waals surface area contributed by atoms with Crippen molar-refractivity contribution in [3.63, 3.8) is 0 Å². The van der Waals surface area contributed by atoms with Crippen LogP contribution in [0.2, 0.25) is 0 Å². The average Bonchev–Trinajstić information content (AvgIpc) is 2.12. The van der Waals surface area contributed by atoms with E-state index in [-0.39, 0.29) is 0 Å². The summed E-state index contributed by atoms with van der Waals surface area (Å²) in [6, 6.07) is 6.22. The summed E-state index contributed by atoms with van der Waals surface area (Å²) in [5.41, 5.74) is 4.32. The molecule has 0 amide bonds. The second-order valence-corrected chi connectivity index (χ2v) is 3.30. The fraction of sp³-hybridized carbons (Fsp3) is 0.182. The van der Waals surface area contributed by atoms with Gasteiger partial charge in [0.1, 0.15) is 0 Å². The molecule has 0 N–H and O–H groups in total. The quantitative estimate of drug-likeness (QED) is 0.587. The van der Waals surface area contributed by atoms with Gasteiger partial charge in [0, 0.05) is 7.05 Å². The van der Waals surface area contributed by atoms with Crippen LogP contribution in [0.5, 0.6) is 0 Å². The van der Waals surface area contributed by atoms with E-state index < -0.39 is 0 Å². The van der Waals surface area contributed by atoms with E-state index >= 15 is 0 Å². The lowest BCUT2D eigenvalue weighted by Crippen LogP contribution is -2.19. The molecule has 0 fully saturated rings. The smallest absolute Gasteiger partial charge is 0.0867 e. The maximum absolute atomic E-state index is 4.30. The minimum atomic E-state index is 0.929. The van der Waals surface area contributed by atoms with Gasteiger partial charge in [0.15, 0.2) is 0 Å². The molecule has 2 nitrogen and oxygen atoms in total. The second-order valence-electron chi connectivity index (χ2n) is 3.30. The average molecular weight is 172 g/mol. The Hall–Kier alpha value is -1.57. The van der Waals surface area contributed by atoms with Crippen LogP contribution in [-0.4, -0.2) is 13.3 Å². The highest BCUT2D eigenvalue weighted by molar-refractivity contribution is 5.92. The molecule has 1 aliphatic rings. The molecule has 0 unspecified atom stereocenters. The number of rotatable bonds is 0. The molecule has 1 aromatic rings. The largest absolute Gasteiger partial charge is 0.342 e. The molecule has 13 heavy (non-hydrogen) atoms. The van der Waals surface area contributed by atoms with Crippen LogP contribution >= 0.6 is 0 Å². The van der Waals surface area contributed by atoms with E-state index in [9.17, 15) is 0 Å². The van der Waals surface area contributed by atoms with Gasteiger partial charge >= 0.3 is 0 Å². The Kier molecular flexibility index (Phi) is 1.69. The fourth-order valence-corrected chi connectivity index (χ4v) is 1.40. The highest BCUT2D eigenvalue weighted by Crippen LogP contribution is 2.33. The molecule has 0 aromatic heterocycles. The fourth-order valence-electron chi connectivity index (χ4n) is 1.40. The Morgan fingerprint density at radius 3 is 2.92 bits per heavy atom. The van der Waals surface area contributed by atoms with Crippen molar-refractivity contribution in [3.8, 4) is 0 Å². The van der Waals surface area contributed by atoms with Crippen molar-refractivity contribution in [2.45, 2.75) is 6.92 Å². The highest BCUT2D eigenvalue weighted by atomic mass is 15.1. The van der Waals surface area contributed by atoms with Crippen molar-refractivity contribution in [1.82, 2.24) is 0 Å². The van der Waals surface area contributed by atoms with Crippen LogP contribution in [0.3, 0.4) is 0 Å². The summed E-state index contributed by atoms with van der Waals surface area (Å²) >= 11 is 0. The van der Waals surface area contributed by atoms with E-state index in [0.29, 0.717) is 0 Å². The molecule has 66 valence electrons. The number of hydrogen-bond donors (Lipinski definition) is 0. The minimum Gasteiger partial charge on any atom is -0.342 e. The van der Waals surface area contributed by atoms with Crippen LogP contribution in [0.4, 0.5) is 11.4 Å². The molecule has 2 heteroatoms. The van der Waals surface area contributed by atoms with Crippen molar-refractivity contribution < 1.29 is 0 Å². The van der Waals surface area contributed by atoms with Crippen molar-refractivity contribution in [2.24, 2.45) is 4.99 Å². The first-order chi connectivity index (χ1) is 6.18. The van der Waals surface area contributed by atoms with Crippen LogP contribution in [0, 0.1) is 6.92 Å².